The summed E-state index contributed by atoms with van der Waals surface area (Å²) in [5.74, 6) is 1.22. The molecule has 2 rings (SSSR count). The number of ether oxygens (including phenoxy) is 1. The highest BCUT2D eigenvalue weighted by atomic mass is 127. The van der Waals surface area contributed by atoms with Crippen molar-refractivity contribution in [1.29, 1.82) is 0 Å². The fourth-order valence-corrected chi connectivity index (χ4v) is 4.06. The molecule has 1 N–H and O–H groups in total. The van der Waals surface area contributed by atoms with Crippen LogP contribution in [0.2, 0.25) is 0 Å². The van der Waals surface area contributed by atoms with Crippen LogP contribution in [0.4, 0.5) is 0 Å². The number of halogens is 2. The van der Waals surface area contributed by atoms with Gasteiger partial charge in [0.05, 0.1) is 17.3 Å². The molecule has 0 radical (unpaired) electrons. The number of hydrogen-bond acceptors (Lipinski definition) is 4. The molecule has 1 aliphatic rings. The van der Waals surface area contributed by atoms with Crippen LogP contribution in [0.5, 0.6) is 0 Å². The summed E-state index contributed by atoms with van der Waals surface area (Å²) in [6.07, 6.45) is 1.05. The number of benzene rings is 1. The fourth-order valence-electron chi connectivity index (χ4n) is 2.64. The Morgan fingerprint density at radius 2 is 2.08 bits per heavy atom. The molecule has 1 heterocycles. The van der Waals surface area contributed by atoms with Gasteiger partial charge in [0, 0.05) is 44.2 Å². The topological polar surface area (TPSA) is 71.0 Å². The summed E-state index contributed by atoms with van der Waals surface area (Å²) in [4.78, 5) is 6.58. The van der Waals surface area contributed by atoms with Gasteiger partial charge in [-0.05, 0) is 30.7 Å². The molecule has 0 bridgehead atoms. The number of sulfone groups is 1. The number of nitrogens with one attached hydrogen (secondary N) is 1. The largest absolute Gasteiger partial charge is 0.381 e. The highest BCUT2D eigenvalue weighted by Gasteiger charge is 2.19. The summed E-state index contributed by atoms with van der Waals surface area (Å²) in [5, 5.41) is 3.13. The van der Waals surface area contributed by atoms with Crippen LogP contribution >= 0.6 is 39.9 Å². The normalized spacial score (nSPS) is 17.9. The van der Waals surface area contributed by atoms with Crippen LogP contribution in [0.15, 0.2) is 38.6 Å². The first-order valence-electron chi connectivity index (χ1n) is 7.90. The van der Waals surface area contributed by atoms with E-state index in [0.717, 1.165) is 30.7 Å². The molecule has 1 saturated heterocycles. The molecule has 1 aromatic rings. The SMILES string of the molecule is CN=C(NCCS(=O)(=O)c1ccc(Br)cc1)N(C)CC1CCOC1.I. The molecular weight excluding hydrogens is 521 g/mol. The average Bonchev–Trinajstić information content (AvgIpc) is 3.04. The first kappa shape index (κ1) is 22.7. The fraction of sp³-hybridized carbons (Fsp3) is 0.562. The first-order chi connectivity index (χ1) is 11.4. The molecule has 0 amide bonds. The molecule has 0 saturated carbocycles. The lowest BCUT2D eigenvalue weighted by molar-refractivity contribution is 0.181. The molecule has 6 nitrogen and oxygen atoms in total. The highest BCUT2D eigenvalue weighted by Crippen LogP contribution is 2.16. The van der Waals surface area contributed by atoms with Gasteiger partial charge in [0.1, 0.15) is 0 Å². The van der Waals surface area contributed by atoms with Crippen molar-refractivity contribution in [3.8, 4) is 0 Å². The zero-order valence-corrected chi connectivity index (χ0v) is 19.2. The minimum Gasteiger partial charge on any atom is -0.381 e. The van der Waals surface area contributed by atoms with E-state index in [2.05, 4.69) is 26.2 Å². The van der Waals surface area contributed by atoms with Crippen molar-refractivity contribution < 1.29 is 13.2 Å². The van der Waals surface area contributed by atoms with Crippen LogP contribution in [0.1, 0.15) is 6.42 Å². The van der Waals surface area contributed by atoms with Crippen molar-refractivity contribution in [2.24, 2.45) is 10.9 Å². The second kappa shape index (κ2) is 10.7. The standard InChI is InChI=1S/C16H24BrN3O3S.HI/c1-18-16(20(2)11-13-7-9-23-12-13)19-8-10-24(21,22)15-5-3-14(17)4-6-15;/h3-6,13H,7-12H2,1-2H3,(H,18,19);1H. The molecule has 9 heteroatoms. The van der Waals surface area contributed by atoms with Crippen molar-refractivity contribution in [3.63, 3.8) is 0 Å². The molecule has 0 spiro atoms. The van der Waals surface area contributed by atoms with E-state index in [9.17, 15) is 8.42 Å². The third kappa shape index (κ3) is 7.03. The van der Waals surface area contributed by atoms with Crippen LogP contribution in [-0.2, 0) is 14.6 Å². The zero-order valence-electron chi connectivity index (χ0n) is 14.4. The smallest absolute Gasteiger partial charge is 0.193 e. The van der Waals surface area contributed by atoms with Gasteiger partial charge in [-0.15, -0.1) is 24.0 Å². The van der Waals surface area contributed by atoms with Crippen molar-refractivity contribution in [3.05, 3.63) is 28.7 Å². The van der Waals surface area contributed by atoms with Gasteiger partial charge in [0.15, 0.2) is 15.8 Å². The summed E-state index contributed by atoms with van der Waals surface area (Å²) in [7, 11) is 0.351. The van der Waals surface area contributed by atoms with Crippen LogP contribution in [0.3, 0.4) is 0 Å². The summed E-state index contributed by atoms with van der Waals surface area (Å²) < 4.78 is 30.9. The van der Waals surface area contributed by atoms with Gasteiger partial charge in [-0.3, -0.25) is 4.99 Å². The van der Waals surface area contributed by atoms with Crippen LogP contribution in [0.25, 0.3) is 0 Å². The maximum Gasteiger partial charge on any atom is 0.193 e. The van der Waals surface area contributed by atoms with Gasteiger partial charge in [-0.1, -0.05) is 15.9 Å². The van der Waals surface area contributed by atoms with E-state index in [1.807, 2.05) is 11.9 Å². The summed E-state index contributed by atoms with van der Waals surface area (Å²) in [5.41, 5.74) is 0. The molecule has 1 aromatic carbocycles. The second-order valence-corrected chi connectivity index (χ2v) is 8.88. The lowest BCUT2D eigenvalue weighted by Crippen LogP contribution is -2.43. The van der Waals surface area contributed by atoms with Gasteiger partial charge in [0.2, 0.25) is 0 Å². The van der Waals surface area contributed by atoms with Gasteiger partial charge < -0.3 is 15.0 Å². The Labute approximate surface area is 175 Å². The molecule has 1 aliphatic heterocycles. The summed E-state index contributed by atoms with van der Waals surface area (Å²) in [6, 6.07) is 6.69. The lowest BCUT2D eigenvalue weighted by Gasteiger charge is -2.24. The minimum absolute atomic E-state index is 0. The Kier molecular flexibility index (Phi) is 9.68. The van der Waals surface area contributed by atoms with Crippen molar-refractivity contribution in [2.75, 3.05) is 46.2 Å². The molecular formula is C16H25BrIN3O3S. The molecule has 1 unspecified atom stereocenters. The molecule has 1 fully saturated rings. The number of rotatable bonds is 6. The van der Waals surface area contributed by atoms with Crippen molar-refractivity contribution >= 4 is 55.7 Å². The van der Waals surface area contributed by atoms with E-state index >= 15 is 0 Å². The van der Waals surface area contributed by atoms with E-state index < -0.39 is 9.84 Å². The third-order valence-electron chi connectivity index (χ3n) is 3.96. The quantitative estimate of drug-likeness (QED) is 0.337. The number of hydrogen-bond donors (Lipinski definition) is 1. The van der Waals surface area contributed by atoms with E-state index in [4.69, 9.17) is 4.74 Å². The Hall–Kier alpha value is -0.390. The summed E-state index contributed by atoms with van der Waals surface area (Å²) in [6.45, 7) is 2.75. The van der Waals surface area contributed by atoms with Crippen LogP contribution in [-0.4, -0.2) is 65.4 Å². The molecule has 0 aliphatic carbocycles. The molecule has 25 heavy (non-hydrogen) atoms. The van der Waals surface area contributed by atoms with E-state index in [-0.39, 0.29) is 29.7 Å². The maximum absolute atomic E-state index is 12.3. The van der Waals surface area contributed by atoms with Crippen molar-refractivity contribution in [2.45, 2.75) is 11.3 Å². The second-order valence-electron chi connectivity index (χ2n) is 5.86. The van der Waals surface area contributed by atoms with E-state index in [1.165, 1.54) is 0 Å². The van der Waals surface area contributed by atoms with Crippen molar-refractivity contribution in [1.82, 2.24) is 10.2 Å². The average molecular weight is 546 g/mol. The minimum atomic E-state index is -3.31. The predicted octanol–water partition coefficient (Wildman–Crippen LogP) is 2.38. The molecule has 1 atom stereocenters. The van der Waals surface area contributed by atoms with Gasteiger partial charge in [-0.25, -0.2) is 8.42 Å². The van der Waals surface area contributed by atoms with Crippen LogP contribution < -0.4 is 5.32 Å². The highest BCUT2D eigenvalue weighted by molar-refractivity contribution is 14.0. The van der Waals surface area contributed by atoms with Gasteiger partial charge >= 0.3 is 0 Å². The first-order valence-corrected chi connectivity index (χ1v) is 10.3. The maximum atomic E-state index is 12.3. The van der Waals surface area contributed by atoms with E-state index in [0.29, 0.717) is 23.3 Å². The van der Waals surface area contributed by atoms with E-state index in [1.54, 1.807) is 31.3 Å². The monoisotopic (exact) mass is 545 g/mol. The molecule has 0 aromatic heterocycles. The van der Waals surface area contributed by atoms with Crippen LogP contribution in [0, 0.1) is 5.92 Å². The lowest BCUT2D eigenvalue weighted by atomic mass is 10.1. The van der Waals surface area contributed by atoms with Gasteiger partial charge in [-0.2, -0.15) is 0 Å². The van der Waals surface area contributed by atoms with Gasteiger partial charge in [0.25, 0.3) is 0 Å². The number of aliphatic imine (C=N–C) groups is 1. The molecule has 142 valence electrons. The predicted molar refractivity (Wildman–Crippen MR) is 115 cm³/mol. The Bertz CT molecular complexity index is 662. The Balaban J connectivity index is 0.00000312. The number of guanidine groups is 1. The summed E-state index contributed by atoms with van der Waals surface area (Å²) >= 11 is 3.31. The zero-order chi connectivity index (χ0) is 17.6. The third-order valence-corrected chi connectivity index (χ3v) is 6.22. The Morgan fingerprint density at radius 3 is 2.64 bits per heavy atom. The Morgan fingerprint density at radius 1 is 1.40 bits per heavy atom. The number of nitrogens with zero attached hydrogens (tertiary/aromatic N) is 2.